The van der Waals surface area contributed by atoms with E-state index in [1.807, 2.05) is 0 Å². The summed E-state index contributed by atoms with van der Waals surface area (Å²) in [6, 6.07) is 2.02. The van der Waals surface area contributed by atoms with Crippen LogP contribution in [-0.4, -0.2) is 40.8 Å². The Morgan fingerprint density at radius 2 is 1.12 bits per heavy atom. The zero-order valence-corrected chi connectivity index (χ0v) is 14.7. The van der Waals surface area contributed by atoms with Crippen molar-refractivity contribution < 1.29 is 33.4 Å². The Balaban J connectivity index is 3.48. The second-order valence-corrected chi connectivity index (χ2v) is 5.04. The Kier molecular flexibility index (Phi) is 8.27. The zero-order valence-electron chi connectivity index (χ0n) is 11.6. The van der Waals surface area contributed by atoms with Gasteiger partial charge in [0.2, 0.25) is 5.75 Å². The molecule has 0 N–H and O–H groups in total. The predicted octanol–water partition coefficient (Wildman–Crippen LogP) is 2.50. The number of benzene rings is 1. The number of hydrogen-bond donors (Lipinski definition) is 0. The van der Waals surface area contributed by atoms with Gasteiger partial charge >= 0.3 is 17.9 Å². The van der Waals surface area contributed by atoms with Crippen molar-refractivity contribution in [3.63, 3.8) is 0 Å². The van der Waals surface area contributed by atoms with Gasteiger partial charge in [-0.1, -0.05) is 0 Å². The molecule has 0 amide bonds. The summed E-state index contributed by atoms with van der Waals surface area (Å²) in [4.78, 5) is 45.6. The highest BCUT2D eigenvalue weighted by atomic mass is 35.5. The van der Waals surface area contributed by atoms with Crippen LogP contribution in [0.5, 0.6) is 17.2 Å². The summed E-state index contributed by atoms with van der Waals surface area (Å²) >= 11 is 21.4. The summed E-state index contributed by atoms with van der Waals surface area (Å²) in [7, 11) is 0. The molecule has 1 aromatic rings. The summed E-state index contributed by atoms with van der Waals surface area (Å²) < 4.78 is 14.6. The number of hydrogen-bond acceptors (Lipinski definition) is 7. The van der Waals surface area contributed by atoms with Gasteiger partial charge in [0.05, 0.1) is 0 Å². The van der Waals surface area contributed by atoms with E-state index in [-0.39, 0.29) is 5.56 Å². The molecule has 11 heteroatoms. The molecular weight excluding hydrogens is 410 g/mol. The third-order valence-corrected chi connectivity index (χ3v) is 3.11. The first-order valence-electron chi connectivity index (χ1n) is 6.00. The maximum absolute atomic E-state index is 11.4. The van der Waals surface area contributed by atoms with Gasteiger partial charge in [-0.2, -0.15) is 0 Å². The van der Waals surface area contributed by atoms with Crippen molar-refractivity contribution >= 4 is 69.6 Å². The highest BCUT2D eigenvalue weighted by Gasteiger charge is 2.23. The molecule has 0 aromatic heterocycles. The minimum atomic E-state index is -0.948. The van der Waals surface area contributed by atoms with Crippen LogP contribution in [0.25, 0.3) is 0 Å². The zero-order chi connectivity index (χ0) is 18.3. The van der Waals surface area contributed by atoms with E-state index in [1.54, 1.807) is 0 Å². The van der Waals surface area contributed by atoms with Gasteiger partial charge in [0.25, 0.3) is 5.24 Å². The van der Waals surface area contributed by atoms with Crippen LogP contribution in [0, 0.1) is 0 Å². The number of halogens is 4. The van der Waals surface area contributed by atoms with Crippen molar-refractivity contribution in [2.45, 2.75) is 0 Å². The lowest BCUT2D eigenvalue weighted by molar-refractivity contribution is -0.135. The number of rotatable bonds is 7. The molecule has 1 aromatic carbocycles. The van der Waals surface area contributed by atoms with E-state index in [0.717, 1.165) is 12.1 Å². The van der Waals surface area contributed by atoms with E-state index >= 15 is 0 Å². The minimum Gasteiger partial charge on any atom is -0.421 e. The molecule has 0 atom stereocenters. The van der Waals surface area contributed by atoms with Gasteiger partial charge in [0.15, 0.2) is 11.5 Å². The lowest BCUT2D eigenvalue weighted by Gasteiger charge is -2.14. The predicted molar refractivity (Wildman–Crippen MR) is 85.7 cm³/mol. The van der Waals surface area contributed by atoms with E-state index in [0.29, 0.717) is 0 Å². The quantitative estimate of drug-likeness (QED) is 0.291. The SMILES string of the molecule is O=C(CCl)Oc1cc(C(=O)Cl)cc(OC(=O)CCl)c1OC(=O)CCl. The van der Waals surface area contributed by atoms with Crippen molar-refractivity contribution in [2.24, 2.45) is 0 Å². The average molecular weight is 418 g/mol. The molecule has 0 saturated heterocycles. The van der Waals surface area contributed by atoms with E-state index in [1.165, 1.54) is 0 Å². The van der Waals surface area contributed by atoms with Gasteiger partial charge in [0, 0.05) is 5.56 Å². The Hall–Kier alpha value is -1.54. The van der Waals surface area contributed by atoms with Crippen molar-refractivity contribution in [1.29, 1.82) is 0 Å². The number of carbonyl (C=O) groups is 4. The standard InChI is InChI=1S/C13H8Cl4O7/c14-3-9(18)22-7-1-6(13(17)21)2-8(23-10(19)4-15)12(7)24-11(20)5-16/h1-2H,3-5H2. The van der Waals surface area contributed by atoms with E-state index in [2.05, 4.69) is 0 Å². The second-order valence-electron chi connectivity index (χ2n) is 3.90. The van der Waals surface area contributed by atoms with E-state index < -0.39 is 58.0 Å². The average Bonchev–Trinajstić information content (AvgIpc) is 2.56. The summed E-state index contributed by atoms with van der Waals surface area (Å²) in [6.45, 7) is 0. The Labute approximate surface area is 155 Å². The highest BCUT2D eigenvalue weighted by molar-refractivity contribution is 6.67. The lowest BCUT2D eigenvalue weighted by Crippen LogP contribution is -2.17. The van der Waals surface area contributed by atoms with Crippen LogP contribution in [0.3, 0.4) is 0 Å². The van der Waals surface area contributed by atoms with Crippen LogP contribution >= 0.6 is 46.4 Å². The second kappa shape index (κ2) is 9.68. The molecule has 0 aliphatic carbocycles. The third kappa shape index (κ3) is 5.83. The maximum Gasteiger partial charge on any atom is 0.326 e. The van der Waals surface area contributed by atoms with Crippen LogP contribution in [0.15, 0.2) is 12.1 Å². The normalized spacial score (nSPS) is 10.0. The summed E-state index contributed by atoms with van der Waals surface area (Å²) in [5.74, 6) is -5.67. The molecule has 0 spiro atoms. The number of ether oxygens (including phenoxy) is 3. The van der Waals surface area contributed by atoms with Crippen molar-refractivity contribution in [2.75, 3.05) is 17.6 Å². The van der Waals surface area contributed by atoms with E-state index in [9.17, 15) is 19.2 Å². The molecule has 0 saturated carbocycles. The van der Waals surface area contributed by atoms with Crippen LogP contribution in [0.4, 0.5) is 0 Å². The Bertz CT molecular complexity index is 635. The number of esters is 3. The Morgan fingerprint density at radius 1 is 0.750 bits per heavy atom. The molecule has 24 heavy (non-hydrogen) atoms. The first kappa shape index (κ1) is 20.5. The first-order valence-corrected chi connectivity index (χ1v) is 7.98. The van der Waals surface area contributed by atoms with Gasteiger partial charge in [-0.15, -0.1) is 34.8 Å². The summed E-state index contributed by atoms with van der Waals surface area (Å²) in [5.41, 5.74) is -0.197. The summed E-state index contributed by atoms with van der Waals surface area (Å²) in [6.07, 6.45) is 0. The largest absolute Gasteiger partial charge is 0.421 e. The molecule has 0 bridgehead atoms. The van der Waals surface area contributed by atoms with Gasteiger partial charge in [0.1, 0.15) is 17.6 Å². The van der Waals surface area contributed by atoms with Gasteiger partial charge in [-0.25, -0.2) is 0 Å². The van der Waals surface area contributed by atoms with Gasteiger partial charge < -0.3 is 14.2 Å². The van der Waals surface area contributed by atoms with Crippen LogP contribution in [0.1, 0.15) is 10.4 Å². The molecule has 0 aliphatic rings. The molecule has 1 rings (SSSR count). The molecule has 0 radical (unpaired) electrons. The maximum atomic E-state index is 11.4. The van der Waals surface area contributed by atoms with Crippen LogP contribution in [0.2, 0.25) is 0 Å². The monoisotopic (exact) mass is 416 g/mol. The smallest absolute Gasteiger partial charge is 0.326 e. The highest BCUT2D eigenvalue weighted by Crippen LogP contribution is 2.40. The third-order valence-electron chi connectivity index (χ3n) is 2.24. The fourth-order valence-electron chi connectivity index (χ4n) is 1.38. The number of carbonyl (C=O) groups excluding carboxylic acids is 4. The topological polar surface area (TPSA) is 96.0 Å². The van der Waals surface area contributed by atoms with Gasteiger partial charge in [-0.3, -0.25) is 19.2 Å². The Morgan fingerprint density at radius 3 is 1.46 bits per heavy atom. The molecule has 0 fully saturated rings. The fourth-order valence-corrected chi connectivity index (χ4v) is 1.66. The van der Waals surface area contributed by atoms with E-state index in [4.69, 9.17) is 60.6 Å². The van der Waals surface area contributed by atoms with Crippen molar-refractivity contribution in [3.05, 3.63) is 17.7 Å². The molecule has 7 nitrogen and oxygen atoms in total. The van der Waals surface area contributed by atoms with Crippen molar-refractivity contribution in [1.82, 2.24) is 0 Å². The van der Waals surface area contributed by atoms with Gasteiger partial charge in [-0.05, 0) is 23.7 Å². The lowest BCUT2D eigenvalue weighted by atomic mass is 10.2. The summed E-state index contributed by atoms with van der Waals surface area (Å²) in [5, 5.41) is -0.948. The molecule has 0 aliphatic heterocycles. The molecule has 0 heterocycles. The van der Waals surface area contributed by atoms with Crippen molar-refractivity contribution in [3.8, 4) is 17.2 Å². The number of alkyl halides is 3. The fraction of sp³-hybridized carbons (Fsp3) is 0.231. The van der Waals surface area contributed by atoms with Crippen LogP contribution < -0.4 is 14.2 Å². The minimum absolute atomic E-state index is 0.197. The van der Waals surface area contributed by atoms with Crippen LogP contribution in [-0.2, 0) is 14.4 Å². The first-order chi connectivity index (χ1) is 11.3. The molecular formula is C13H8Cl4O7. The molecule has 0 unspecified atom stereocenters. The molecule has 130 valence electrons.